The molecule has 0 atom stereocenters. The van der Waals surface area contributed by atoms with Crippen molar-refractivity contribution in [2.24, 2.45) is 0 Å². The van der Waals surface area contributed by atoms with Crippen molar-refractivity contribution in [2.75, 3.05) is 31.0 Å². The predicted octanol–water partition coefficient (Wildman–Crippen LogP) is 3.78. The second-order valence-corrected chi connectivity index (χ2v) is 6.50. The second kappa shape index (κ2) is 8.12. The van der Waals surface area contributed by atoms with Gasteiger partial charge in [-0.1, -0.05) is 6.07 Å². The molecular formula is C21H24N2O4. The molecule has 0 unspecified atom stereocenters. The van der Waals surface area contributed by atoms with E-state index < -0.39 is 0 Å². The van der Waals surface area contributed by atoms with E-state index >= 15 is 0 Å². The summed E-state index contributed by atoms with van der Waals surface area (Å²) in [5.74, 6) is 0.726. The van der Waals surface area contributed by atoms with Gasteiger partial charge < -0.3 is 19.7 Å². The number of hydrogen-bond acceptors (Lipinski definition) is 4. The van der Waals surface area contributed by atoms with Gasteiger partial charge in [0.05, 0.1) is 14.2 Å². The van der Waals surface area contributed by atoms with Crippen molar-refractivity contribution in [1.29, 1.82) is 0 Å². The number of hydrogen-bond donors (Lipinski definition) is 1. The minimum absolute atomic E-state index is 0.153. The van der Waals surface area contributed by atoms with Crippen LogP contribution in [0.3, 0.4) is 0 Å². The van der Waals surface area contributed by atoms with Crippen molar-refractivity contribution < 1.29 is 19.1 Å². The van der Waals surface area contributed by atoms with Crippen LogP contribution >= 0.6 is 0 Å². The molecule has 6 nitrogen and oxygen atoms in total. The van der Waals surface area contributed by atoms with E-state index in [9.17, 15) is 9.59 Å². The topological polar surface area (TPSA) is 67.9 Å². The first kappa shape index (κ1) is 18.8. The third kappa shape index (κ3) is 3.89. The lowest BCUT2D eigenvalue weighted by molar-refractivity contribution is -0.119. The summed E-state index contributed by atoms with van der Waals surface area (Å²) in [6.07, 6.45) is 2.55. The maximum Gasteiger partial charge on any atom is 0.263 e. The van der Waals surface area contributed by atoms with Crippen LogP contribution in [0.5, 0.6) is 11.5 Å². The van der Waals surface area contributed by atoms with Gasteiger partial charge in [-0.25, -0.2) is 0 Å². The van der Waals surface area contributed by atoms with E-state index in [1.807, 2.05) is 30.0 Å². The molecule has 1 saturated heterocycles. The Hall–Kier alpha value is -3.02. The molecule has 2 aromatic rings. The Bertz CT molecular complexity index is 841. The molecule has 0 radical (unpaired) electrons. The average molecular weight is 368 g/mol. The van der Waals surface area contributed by atoms with Crippen LogP contribution in [-0.2, 0) is 4.79 Å². The van der Waals surface area contributed by atoms with Crippen molar-refractivity contribution >= 4 is 23.2 Å². The molecule has 0 saturated carbocycles. The molecule has 2 aromatic carbocycles. The van der Waals surface area contributed by atoms with Gasteiger partial charge in [-0.2, -0.15) is 0 Å². The smallest absolute Gasteiger partial charge is 0.263 e. The lowest BCUT2D eigenvalue weighted by Gasteiger charge is -2.28. The molecule has 142 valence electrons. The second-order valence-electron chi connectivity index (χ2n) is 6.50. The summed E-state index contributed by atoms with van der Waals surface area (Å²) in [7, 11) is 3.03. The molecule has 6 heteroatoms. The zero-order valence-corrected chi connectivity index (χ0v) is 15.9. The predicted molar refractivity (Wildman–Crippen MR) is 105 cm³/mol. The number of ether oxygens (including phenoxy) is 2. The normalized spacial score (nSPS) is 14.0. The molecule has 1 N–H and O–H groups in total. The van der Waals surface area contributed by atoms with E-state index in [1.54, 1.807) is 18.2 Å². The van der Waals surface area contributed by atoms with Gasteiger partial charge in [0, 0.05) is 24.3 Å². The Morgan fingerprint density at radius 3 is 2.37 bits per heavy atom. The fourth-order valence-electron chi connectivity index (χ4n) is 3.37. The van der Waals surface area contributed by atoms with Crippen molar-refractivity contribution in [1.82, 2.24) is 0 Å². The van der Waals surface area contributed by atoms with Crippen LogP contribution < -0.4 is 19.7 Å². The Labute approximate surface area is 159 Å². The average Bonchev–Trinajstić information content (AvgIpc) is 2.68. The molecule has 0 aromatic heterocycles. The number of nitrogens with one attached hydrogen (secondary N) is 1. The number of rotatable bonds is 5. The van der Waals surface area contributed by atoms with Gasteiger partial charge in [0.2, 0.25) is 5.91 Å². The summed E-state index contributed by atoms with van der Waals surface area (Å²) in [6.45, 7) is 2.68. The van der Waals surface area contributed by atoms with Crippen molar-refractivity contribution in [2.45, 2.75) is 26.2 Å². The maximum absolute atomic E-state index is 12.8. The van der Waals surface area contributed by atoms with Gasteiger partial charge in [-0.05, 0) is 55.7 Å². The molecule has 27 heavy (non-hydrogen) atoms. The number of benzene rings is 2. The molecule has 0 aliphatic carbocycles. The van der Waals surface area contributed by atoms with Crippen LogP contribution in [0.2, 0.25) is 0 Å². The minimum atomic E-state index is -0.314. The molecule has 3 rings (SSSR count). The zero-order valence-electron chi connectivity index (χ0n) is 15.9. The molecular weight excluding hydrogens is 344 g/mol. The third-order valence-corrected chi connectivity index (χ3v) is 4.72. The Balaban J connectivity index is 1.84. The quantitative estimate of drug-likeness (QED) is 0.872. The Morgan fingerprint density at radius 2 is 1.78 bits per heavy atom. The number of aryl methyl sites for hydroxylation is 1. The van der Waals surface area contributed by atoms with E-state index in [1.165, 1.54) is 14.2 Å². The first-order valence-electron chi connectivity index (χ1n) is 8.98. The van der Waals surface area contributed by atoms with Gasteiger partial charge in [0.15, 0.2) is 0 Å². The minimum Gasteiger partial charge on any atom is -0.496 e. The fourth-order valence-corrected chi connectivity index (χ4v) is 3.37. The number of nitrogens with zero attached hydrogens (tertiary/aromatic N) is 1. The lowest BCUT2D eigenvalue weighted by atomic mass is 10.1. The molecule has 0 bridgehead atoms. The van der Waals surface area contributed by atoms with Crippen LogP contribution in [-0.4, -0.2) is 32.6 Å². The van der Waals surface area contributed by atoms with Gasteiger partial charge in [0.1, 0.15) is 17.1 Å². The van der Waals surface area contributed by atoms with Gasteiger partial charge in [0.25, 0.3) is 5.91 Å². The fraction of sp³-hybridized carbons (Fsp3) is 0.333. The summed E-state index contributed by atoms with van der Waals surface area (Å²) in [6, 6.07) is 10.8. The summed E-state index contributed by atoms with van der Waals surface area (Å²) in [5, 5.41) is 2.89. The van der Waals surface area contributed by atoms with Crippen molar-refractivity contribution in [3.63, 3.8) is 0 Å². The van der Waals surface area contributed by atoms with E-state index in [2.05, 4.69) is 5.32 Å². The maximum atomic E-state index is 12.8. The Morgan fingerprint density at radius 1 is 1.07 bits per heavy atom. The number of piperidine rings is 1. The van der Waals surface area contributed by atoms with Crippen LogP contribution in [0.15, 0.2) is 36.4 Å². The lowest BCUT2D eigenvalue weighted by Crippen LogP contribution is -2.35. The van der Waals surface area contributed by atoms with Crippen LogP contribution in [0.4, 0.5) is 11.4 Å². The largest absolute Gasteiger partial charge is 0.496 e. The highest BCUT2D eigenvalue weighted by atomic mass is 16.5. The summed E-state index contributed by atoms with van der Waals surface area (Å²) in [4.78, 5) is 26.8. The molecule has 1 aliphatic rings. The Kier molecular flexibility index (Phi) is 5.64. The molecule has 0 spiro atoms. The van der Waals surface area contributed by atoms with E-state index in [-0.39, 0.29) is 11.8 Å². The first-order valence-corrected chi connectivity index (χ1v) is 8.98. The van der Waals surface area contributed by atoms with Crippen LogP contribution in [0.25, 0.3) is 0 Å². The van der Waals surface area contributed by atoms with Gasteiger partial charge in [-0.3, -0.25) is 9.59 Å². The number of carbonyl (C=O) groups excluding carboxylic acids is 2. The summed E-state index contributed by atoms with van der Waals surface area (Å²) >= 11 is 0. The summed E-state index contributed by atoms with van der Waals surface area (Å²) < 4.78 is 10.6. The van der Waals surface area contributed by atoms with Gasteiger partial charge >= 0.3 is 0 Å². The zero-order chi connectivity index (χ0) is 19.4. The van der Waals surface area contributed by atoms with E-state index in [0.717, 1.165) is 30.6 Å². The monoisotopic (exact) mass is 368 g/mol. The molecule has 1 heterocycles. The highest BCUT2D eigenvalue weighted by Crippen LogP contribution is 2.31. The van der Waals surface area contributed by atoms with E-state index in [4.69, 9.17) is 9.47 Å². The number of amides is 2. The summed E-state index contributed by atoms with van der Waals surface area (Å²) in [5.41, 5.74) is 2.83. The van der Waals surface area contributed by atoms with Gasteiger partial charge in [-0.15, -0.1) is 0 Å². The number of carbonyl (C=O) groups is 2. The molecule has 2 amide bonds. The molecule has 1 aliphatic heterocycles. The standard InChI is InChI=1S/C21H24N2O4/c1-14-13-15(10-11-16(14)23-12-5-4-9-19(23)24)22-21(25)20-17(26-2)7-6-8-18(20)27-3/h6-8,10-11,13H,4-5,9,12H2,1-3H3,(H,22,25). The number of methoxy groups -OCH3 is 2. The van der Waals surface area contributed by atoms with Crippen LogP contribution in [0.1, 0.15) is 35.2 Å². The highest BCUT2D eigenvalue weighted by molar-refractivity contribution is 6.08. The van der Waals surface area contributed by atoms with Crippen molar-refractivity contribution in [3.8, 4) is 11.5 Å². The van der Waals surface area contributed by atoms with Crippen LogP contribution in [0, 0.1) is 6.92 Å². The first-order chi connectivity index (χ1) is 13.0. The van der Waals surface area contributed by atoms with Crippen molar-refractivity contribution in [3.05, 3.63) is 47.5 Å². The third-order valence-electron chi connectivity index (χ3n) is 4.72. The molecule has 1 fully saturated rings. The SMILES string of the molecule is COc1cccc(OC)c1C(=O)Nc1ccc(N2CCCCC2=O)c(C)c1. The number of anilines is 2. The highest BCUT2D eigenvalue weighted by Gasteiger charge is 2.22. The van der Waals surface area contributed by atoms with E-state index in [0.29, 0.717) is 29.2 Å².